The molecule has 0 saturated heterocycles. The first kappa shape index (κ1) is 26.4. The molecular weight excluding hydrogens is 553 g/mol. The van der Waals surface area contributed by atoms with Crippen molar-refractivity contribution in [1.29, 1.82) is 0 Å². The van der Waals surface area contributed by atoms with E-state index < -0.39 is 0 Å². The Labute approximate surface area is 268 Å². The highest BCUT2D eigenvalue weighted by atomic mass is 14.2. The Balaban J connectivity index is 1.21. The summed E-state index contributed by atoms with van der Waals surface area (Å²) < 4.78 is 0. The van der Waals surface area contributed by atoms with Gasteiger partial charge in [0, 0.05) is 0 Å². The molecule has 214 valence electrons. The first-order chi connectivity index (χ1) is 22.8. The third-order valence-electron chi connectivity index (χ3n) is 9.42. The topological polar surface area (TPSA) is 0 Å². The minimum Gasteiger partial charge on any atom is -0.0622 e. The van der Waals surface area contributed by atoms with E-state index in [-0.39, 0.29) is 0 Å². The lowest BCUT2D eigenvalue weighted by atomic mass is 9.89. The zero-order valence-corrected chi connectivity index (χ0v) is 25.3. The van der Waals surface area contributed by atoms with Gasteiger partial charge in [-0.05, 0) is 118 Å². The van der Waals surface area contributed by atoms with E-state index in [1.54, 1.807) is 0 Å². The highest BCUT2D eigenvalue weighted by Crippen LogP contribution is 2.40. The van der Waals surface area contributed by atoms with E-state index >= 15 is 0 Å². The van der Waals surface area contributed by atoms with Crippen LogP contribution in [0, 0.1) is 0 Å². The average molecular weight is 583 g/mol. The normalized spacial score (nSPS) is 11.5. The van der Waals surface area contributed by atoms with Crippen molar-refractivity contribution in [2.75, 3.05) is 0 Å². The Bertz CT molecular complexity index is 2570. The molecule has 0 amide bonds. The predicted octanol–water partition coefficient (Wildman–Crippen LogP) is 13.0. The summed E-state index contributed by atoms with van der Waals surface area (Å²) in [6.07, 6.45) is 0. The molecule has 0 atom stereocenters. The molecule has 0 heteroatoms. The zero-order valence-electron chi connectivity index (χ0n) is 25.3. The molecule has 0 bridgehead atoms. The molecule has 0 spiro atoms. The van der Waals surface area contributed by atoms with Crippen LogP contribution in [0.1, 0.15) is 0 Å². The summed E-state index contributed by atoms with van der Waals surface area (Å²) >= 11 is 0. The molecule has 0 aliphatic rings. The predicted molar refractivity (Wildman–Crippen MR) is 198 cm³/mol. The molecule has 0 N–H and O–H groups in total. The van der Waals surface area contributed by atoms with Crippen molar-refractivity contribution in [1.82, 2.24) is 0 Å². The van der Waals surface area contributed by atoms with Crippen molar-refractivity contribution in [3.05, 3.63) is 182 Å². The highest BCUT2D eigenvalue weighted by Gasteiger charge is 2.13. The smallest absolute Gasteiger partial charge is 0.00928 e. The highest BCUT2D eigenvalue weighted by molar-refractivity contribution is 6.15. The second kappa shape index (κ2) is 10.9. The van der Waals surface area contributed by atoms with Crippen LogP contribution in [0.2, 0.25) is 0 Å². The van der Waals surface area contributed by atoms with Crippen molar-refractivity contribution >= 4 is 43.1 Å². The van der Waals surface area contributed by atoms with Crippen LogP contribution in [0.15, 0.2) is 182 Å². The summed E-state index contributed by atoms with van der Waals surface area (Å²) in [4.78, 5) is 0. The molecule has 9 aromatic carbocycles. The van der Waals surface area contributed by atoms with E-state index in [0.717, 1.165) is 0 Å². The van der Waals surface area contributed by atoms with Crippen LogP contribution in [0.4, 0.5) is 0 Å². The van der Waals surface area contributed by atoms with Gasteiger partial charge >= 0.3 is 0 Å². The quantitative estimate of drug-likeness (QED) is 0.181. The Kier molecular flexibility index (Phi) is 6.25. The first-order valence-corrected chi connectivity index (χ1v) is 15.9. The number of hydrogen-bond donors (Lipinski definition) is 0. The zero-order chi connectivity index (χ0) is 30.5. The number of benzene rings is 9. The molecular formula is C46H30. The van der Waals surface area contributed by atoms with Crippen LogP contribution in [0.25, 0.3) is 87.6 Å². The van der Waals surface area contributed by atoms with Crippen molar-refractivity contribution in [2.24, 2.45) is 0 Å². The van der Waals surface area contributed by atoms with Gasteiger partial charge in [-0.1, -0.05) is 152 Å². The van der Waals surface area contributed by atoms with Crippen LogP contribution in [-0.2, 0) is 0 Å². The average Bonchev–Trinajstić information content (AvgIpc) is 3.14. The summed E-state index contributed by atoms with van der Waals surface area (Å²) in [6.45, 7) is 0. The summed E-state index contributed by atoms with van der Waals surface area (Å²) in [5.74, 6) is 0. The minimum absolute atomic E-state index is 1.22. The second-order valence-corrected chi connectivity index (χ2v) is 12.2. The summed E-state index contributed by atoms with van der Waals surface area (Å²) in [6, 6.07) is 66.6. The van der Waals surface area contributed by atoms with Gasteiger partial charge in [0.25, 0.3) is 0 Å². The van der Waals surface area contributed by atoms with E-state index in [0.29, 0.717) is 0 Å². The standard InChI is InChI=1S/C46H30/c1-2-11-33(12-3-1)45-30-40-28-39(42-19-9-15-32-13-6-7-18-41(32)42)23-24-43(40)44-25-22-38(29-46(44)45)36-17-8-16-35(27-36)37-21-20-31-10-4-5-14-34(31)26-37/h1-30H. The molecule has 0 aliphatic heterocycles. The molecule has 0 radical (unpaired) electrons. The molecule has 0 saturated carbocycles. The Morgan fingerprint density at radius 3 is 1.65 bits per heavy atom. The third-order valence-corrected chi connectivity index (χ3v) is 9.42. The van der Waals surface area contributed by atoms with E-state index in [1.165, 1.54) is 87.6 Å². The molecule has 9 rings (SSSR count). The van der Waals surface area contributed by atoms with Crippen LogP contribution in [-0.4, -0.2) is 0 Å². The molecule has 0 fully saturated rings. The largest absolute Gasteiger partial charge is 0.0622 e. The van der Waals surface area contributed by atoms with Crippen LogP contribution < -0.4 is 0 Å². The lowest BCUT2D eigenvalue weighted by Crippen LogP contribution is -1.88. The number of rotatable bonds is 4. The monoisotopic (exact) mass is 582 g/mol. The summed E-state index contributed by atoms with van der Waals surface area (Å²) in [5, 5.41) is 10.1. The minimum atomic E-state index is 1.22. The van der Waals surface area contributed by atoms with Crippen molar-refractivity contribution in [3.8, 4) is 44.5 Å². The molecule has 0 unspecified atom stereocenters. The summed E-state index contributed by atoms with van der Waals surface area (Å²) in [7, 11) is 0. The van der Waals surface area contributed by atoms with Gasteiger partial charge in [0.05, 0.1) is 0 Å². The Morgan fingerprint density at radius 2 is 0.783 bits per heavy atom. The van der Waals surface area contributed by atoms with Gasteiger partial charge in [0.1, 0.15) is 0 Å². The fraction of sp³-hybridized carbons (Fsp3) is 0. The maximum absolute atomic E-state index is 2.39. The summed E-state index contributed by atoms with van der Waals surface area (Å²) in [5.41, 5.74) is 9.90. The van der Waals surface area contributed by atoms with Crippen LogP contribution >= 0.6 is 0 Å². The van der Waals surface area contributed by atoms with Gasteiger partial charge in [-0.3, -0.25) is 0 Å². The molecule has 9 aromatic rings. The van der Waals surface area contributed by atoms with Crippen molar-refractivity contribution in [3.63, 3.8) is 0 Å². The number of fused-ring (bicyclic) bond motifs is 5. The van der Waals surface area contributed by atoms with E-state index in [9.17, 15) is 0 Å². The second-order valence-electron chi connectivity index (χ2n) is 12.2. The van der Waals surface area contributed by atoms with Crippen molar-refractivity contribution < 1.29 is 0 Å². The van der Waals surface area contributed by atoms with E-state index in [4.69, 9.17) is 0 Å². The fourth-order valence-corrected chi connectivity index (χ4v) is 7.09. The molecule has 46 heavy (non-hydrogen) atoms. The lowest BCUT2D eigenvalue weighted by molar-refractivity contribution is 1.61. The van der Waals surface area contributed by atoms with Crippen LogP contribution in [0.3, 0.4) is 0 Å². The van der Waals surface area contributed by atoms with E-state index in [1.807, 2.05) is 0 Å². The Morgan fingerprint density at radius 1 is 0.196 bits per heavy atom. The maximum Gasteiger partial charge on any atom is -0.00928 e. The fourth-order valence-electron chi connectivity index (χ4n) is 7.09. The Hall–Kier alpha value is -5.98. The lowest BCUT2D eigenvalue weighted by Gasteiger charge is -2.15. The van der Waals surface area contributed by atoms with Gasteiger partial charge in [-0.2, -0.15) is 0 Å². The third kappa shape index (κ3) is 4.55. The van der Waals surface area contributed by atoms with Gasteiger partial charge < -0.3 is 0 Å². The maximum atomic E-state index is 2.39. The van der Waals surface area contributed by atoms with Gasteiger partial charge in [0.2, 0.25) is 0 Å². The van der Waals surface area contributed by atoms with Crippen LogP contribution in [0.5, 0.6) is 0 Å². The van der Waals surface area contributed by atoms with Gasteiger partial charge in [0.15, 0.2) is 0 Å². The molecule has 0 nitrogen and oxygen atoms in total. The van der Waals surface area contributed by atoms with Gasteiger partial charge in [-0.25, -0.2) is 0 Å². The van der Waals surface area contributed by atoms with Gasteiger partial charge in [-0.15, -0.1) is 0 Å². The van der Waals surface area contributed by atoms with Crippen molar-refractivity contribution in [2.45, 2.75) is 0 Å². The molecule has 0 aliphatic carbocycles. The van der Waals surface area contributed by atoms with E-state index in [2.05, 4.69) is 182 Å². The molecule has 0 aromatic heterocycles. The SMILES string of the molecule is c1ccc(-c2cc3cc(-c4cccc5ccccc45)ccc3c3ccc(-c4cccc(-c5ccc6ccccc6c5)c4)cc23)cc1. The molecule has 0 heterocycles. The first-order valence-electron chi connectivity index (χ1n) is 15.9. The number of hydrogen-bond acceptors (Lipinski definition) is 0.